The van der Waals surface area contributed by atoms with Gasteiger partial charge in [0.25, 0.3) is 11.6 Å². The van der Waals surface area contributed by atoms with Crippen molar-refractivity contribution in [2.45, 2.75) is 6.92 Å². The van der Waals surface area contributed by atoms with Crippen LogP contribution in [-0.2, 0) is 0 Å². The molecule has 0 spiro atoms. The zero-order valence-corrected chi connectivity index (χ0v) is 14.9. The number of nitro benzene ring substituents is 1. The van der Waals surface area contributed by atoms with Crippen molar-refractivity contribution in [1.29, 1.82) is 0 Å². The molecule has 2 aromatic heterocycles. The molecule has 0 saturated carbocycles. The summed E-state index contributed by atoms with van der Waals surface area (Å²) in [6, 6.07) is 16.9. The molecule has 0 bridgehead atoms. The Morgan fingerprint density at radius 3 is 2.18 bits per heavy atom. The van der Waals surface area contributed by atoms with Crippen LogP contribution in [0.2, 0.25) is 0 Å². The molecular formula is C20H15N3O5. The molecule has 8 heteroatoms. The lowest BCUT2D eigenvalue weighted by Gasteiger charge is -2.02. The Morgan fingerprint density at radius 2 is 1.50 bits per heavy atom. The Hall–Kier alpha value is -3.94. The highest BCUT2D eigenvalue weighted by Crippen LogP contribution is 2.30. The van der Waals surface area contributed by atoms with Crippen molar-refractivity contribution in [2.24, 2.45) is 0 Å². The van der Waals surface area contributed by atoms with Crippen molar-refractivity contribution < 1.29 is 18.5 Å². The van der Waals surface area contributed by atoms with Gasteiger partial charge in [-0.05, 0) is 55.5 Å². The summed E-state index contributed by atoms with van der Waals surface area (Å²) >= 11 is 0. The van der Waals surface area contributed by atoms with Gasteiger partial charge in [0.05, 0.1) is 11.5 Å². The third-order valence-corrected chi connectivity index (χ3v) is 4.02. The first kappa shape index (κ1) is 17.5. The zero-order chi connectivity index (χ0) is 19.5. The van der Waals surface area contributed by atoms with E-state index in [2.05, 4.69) is 10.2 Å². The molecule has 0 saturated heterocycles. The number of aromatic nitrogens is 2. The molecule has 0 N–H and O–H groups in total. The molecule has 0 unspecified atom stereocenters. The fourth-order valence-corrected chi connectivity index (χ4v) is 2.66. The fourth-order valence-electron chi connectivity index (χ4n) is 2.66. The van der Waals surface area contributed by atoms with E-state index < -0.39 is 4.92 Å². The Kier molecular flexibility index (Phi) is 4.59. The van der Waals surface area contributed by atoms with Gasteiger partial charge in [-0.1, -0.05) is 0 Å². The third-order valence-electron chi connectivity index (χ3n) is 4.02. The van der Waals surface area contributed by atoms with E-state index in [1.54, 1.807) is 24.3 Å². The number of furan rings is 1. The number of nitrogens with zero attached hydrogens (tertiary/aromatic N) is 3. The second kappa shape index (κ2) is 7.36. The van der Waals surface area contributed by atoms with Gasteiger partial charge in [0.2, 0.25) is 5.89 Å². The number of nitro groups is 1. The number of non-ortho nitro benzene ring substituents is 1. The van der Waals surface area contributed by atoms with Gasteiger partial charge in [0.15, 0.2) is 5.76 Å². The minimum atomic E-state index is -0.446. The molecule has 0 fully saturated rings. The van der Waals surface area contributed by atoms with Crippen molar-refractivity contribution in [3.63, 3.8) is 0 Å². The maximum absolute atomic E-state index is 10.8. The summed E-state index contributed by atoms with van der Waals surface area (Å²) < 4.78 is 16.9. The van der Waals surface area contributed by atoms with Crippen molar-refractivity contribution in [2.75, 3.05) is 6.61 Å². The summed E-state index contributed by atoms with van der Waals surface area (Å²) in [7, 11) is 0. The predicted molar refractivity (Wildman–Crippen MR) is 101 cm³/mol. The van der Waals surface area contributed by atoms with Crippen LogP contribution in [0.4, 0.5) is 5.69 Å². The molecule has 0 radical (unpaired) electrons. The van der Waals surface area contributed by atoms with Crippen LogP contribution in [0.3, 0.4) is 0 Å². The zero-order valence-electron chi connectivity index (χ0n) is 14.9. The van der Waals surface area contributed by atoms with Gasteiger partial charge >= 0.3 is 0 Å². The maximum Gasteiger partial charge on any atom is 0.283 e. The van der Waals surface area contributed by atoms with Crippen LogP contribution in [0.15, 0.2) is 69.5 Å². The number of rotatable bonds is 6. The van der Waals surface area contributed by atoms with E-state index >= 15 is 0 Å². The van der Waals surface area contributed by atoms with Crippen LogP contribution in [0.5, 0.6) is 5.75 Å². The standard InChI is InChI=1S/C20H15N3O5/c1-2-26-16-9-5-14(6-10-16)19-21-22-20(28-19)18-12-11-17(27-18)13-3-7-15(8-4-13)23(24)25/h3-12H,2H2,1H3. The number of hydrogen-bond donors (Lipinski definition) is 0. The molecular weight excluding hydrogens is 362 g/mol. The van der Waals surface area contributed by atoms with Crippen molar-refractivity contribution in [3.8, 4) is 40.2 Å². The average molecular weight is 377 g/mol. The Labute approximate surface area is 159 Å². The first-order valence-electron chi connectivity index (χ1n) is 8.56. The van der Waals surface area contributed by atoms with Crippen LogP contribution >= 0.6 is 0 Å². The van der Waals surface area contributed by atoms with Gasteiger partial charge in [0.1, 0.15) is 11.5 Å². The molecule has 2 aromatic carbocycles. The molecule has 4 rings (SSSR count). The van der Waals surface area contributed by atoms with Crippen LogP contribution in [-0.4, -0.2) is 21.7 Å². The highest BCUT2D eigenvalue weighted by Gasteiger charge is 2.15. The van der Waals surface area contributed by atoms with Gasteiger partial charge in [0, 0.05) is 23.3 Å². The van der Waals surface area contributed by atoms with E-state index in [1.807, 2.05) is 31.2 Å². The largest absolute Gasteiger partial charge is 0.494 e. The average Bonchev–Trinajstić information content (AvgIpc) is 3.39. The minimum Gasteiger partial charge on any atom is -0.494 e. The molecule has 0 aliphatic rings. The number of ether oxygens (including phenoxy) is 1. The number of benzene rings is 2. The van der Waals surface area contributed by atoms with Crippen molar-refractivity contribution in [3.05, 3.63) is 70.8 Å². The van der Waals surface area contributed by atoms with Crippen LogP contribution < -0.4 is 4.74 Å². The molecule has 0 amide bonds. The number of hydrogen-bond acceptors (Lipinski definition) is 7. The first-order chi connectivity index (χ1) is 13.6. The summed E-state index contributed by atoms with van der Waals surface area (Å²) in [5.41, 5.74) is 1.50. The van der Waals surface area contributed by atoms with Crippen molar-refractivity contribution >= 4 is 5.69 Å². The fraction of sp³-hybridized carbons (Fsp3) is 0.100. The van der Waals surface area contributed by atoms with Crippen LogP contribution in [0.25, 0.3) is 34.4 Å². The van der Waals surface area contributed by atoms with Gasteiger partial charge in [-0.3, -0.25) is 10.1 Å². The molecule has 0 aliphatic heterocycles. The van der Waals surface area contributed by atoms with Crippen LogP contribution in [0.1, 0.15) is 6.92 Å². The Morgan fingerprint density at radius 1 is 0.857 bits per heavy atom. The highest BCUT2D eigenvalue weighted by atomic mass is 16.6. The Balaban J connectivity index is 1.55. The Bertz CT molecular complexity index is 1100. The molecule has 140 valence electrons. The van der Waals surface area contributed by atoms with Gasteiger partial charge in [-0.2, -0.15) is 0 Å². The molecule has 2 heterocycles. The minimum absolute atomic E-state index is 0.0208. The van der Waals surface area contributed by atoms with Crippen LogP contribution in [0, 0.1) is 10.1 Å². The summed E-state index contributed by atoms with van der Waals surface area (Å²) in [6.07, 6.45) is 0. The SMILES string of the molecule is CCOc1ccc(-c2nnc(-c3ccc(-c4ccc([N+](=O)[O-])cc4)o3)o2)cc1. The molecule has 0 aliphatic carbocycles. The smallest absolute Gasteiger partial charge is 0.283 e. The highest BCUT2D eigenvalue weighted by molar-refractivity contribution is 5.63. The maximum atomic E-state index is 10.8. The van der Waals surface area contributed by atoms with Gasteiger partial charge in [-0.25, -0.2) is 0 Å². The third kappa shape index (κ3) is 3.48. The summed E-state index contributed by atoms with van der Waals surface area (Å²) in [6.45, 7) is 2.52. The molecule has 0 atom stereocenters. The summed E-state index contributed by atoms with van der Waals surface area (Å²) in [4.78, 5) is 10.3. The molecule has 8 nitrogen and oxygen atoms in total. The van der Waals surface area contributed by atoms with E-state index in [0.29, 0.717) is 29.6 Å². The van der Waals surface area contributed by atoms with E-state index in [-0.39, 0.29) is 11.6 Å². The lowest BCUT2D eigenvalue weighted by Crippen LogP contribution is -1.90. The normalized spacial score (nSPS) is 10.8. The van der Waals surface area contributed by atoms with E-state index in [1.165, 1.54) is 12.1 Å². The van der Waals surface area contributed by atoms with Gasteiger partial charge < -0.3 is 13.6 Å². The van der Waals surface area contributed by atoms with E-state index in [0.717, 1.165) is 11.3 Å². The van der Waals surface area contributed by atoms with E-state index in [4.69, 9.17) is 13.6 Å². The second-order valence-corrected chi connectivity index (χ2v) is 5.84. The summed E-state index contributed by atoms with van der Waals surface area (Å²) in [5, 5.41) is 18.8. The molecule has 4 aromatic rings. The first-order valence-corrected chi connectivity index (χ1v) is 8.56. The lowest BCUT2D eigenvalue weighted by molar-refractivity contribution is -0.384. The van der Waals surface area contributed by atoms with Gasteiger partial charge in [-0.15, -0.1) is 10.2 Å². The topological polar surface area (TPSA) is 104 Å². The molecule has 28 heavy (non-hydrogen) atoms. The summed E-state index contributed by atoms with van der Waals surface area (Å²) in [5.74, 6) is 2.34. The van der Waals surface area contributed by atoms with E-state index in [9.17, 15) is 10.1 Å². The quantitative estimate of drug-likeness (QED) is 0.345. The monoisotopic (exact) mass is 377 g/mol. The lowest BCUT2D eigenvalue weighted by atomic mass is 10.1. The predicted octanol–water partition coefficient (Wildman–Crippen LogP) is 4.97. The second-order valence-electron chi connectivity index (χ2n) is 5.84. The van der Waals surface area contributed by atoms with Crippen molar-refractivity contribution in [1.82, 2.24) is 10.2 Å².